The van der Waals surface area contributed by atoms with E-state index < -0.39 is 0 Å². The Hall–Kier alpha value is -1.71. The Bertz CT molecular complexity index is 436. The molecule has 0 atom stereocenters. The highest BCUT2D eigenvalue weighted by Gasteiger charge is 2.23. The Labute approximate surface area is 109 Å². The van der Waals surface area contributed by atoms with Gasteiger partial charge in [0.15, 0.2) is 0 Å². The molecule has 0 saturated carbocycles. The predicted molar refractivity (Wildman–Crippen MR) is 73.8 cm³/mol. The van der Waals surface area contributed by atoms with Crippen LogP contribution in [0, 0.1) is 5.41 Å². The van der Waals surface area contributed by atoms with Crippen molar-refractivity contribution in [2.45, 2.75) is 20.8 Å². The summed E-state index contributed by atoms with van der Waals surface area (Å²) < 4.78 is 5.20. The van der Waals surface area contributed by atoms with Crippen molar-refractivity contribution in [1.29, 1.82) is 0 Å². The lowest BCUT2D eigenvalue weighted by atomic mass is 9.96. The minimum absolute atomic E-state index is 0.0428. The summed E-state index contributed by atoms with van der Waals surface area (Å²) in [7, 11) is 3.31. The number of carbonyl (C=O) groups is 1. The molecule has 0 bridgehead atoms. The SMILES string of the molecule is COc1cccc(N)c1C(=O)N(C)CC(C)(C)C. The molecule has 0 spiro atoms. The smallest absolute Gasteiger partial charge is 0.259 e. The number of rotatable bonds is 3. The molecule has 2 N–H and O–H groups in total. The van der Waals surface area contributed by atoms with Crippen LogP contribution >= 0.6 is 0 Å². The third kappa shape index (κ3) is 3.39. The molecule has 0 aliphatic heterocycles. The van der Waals surface area contributed by atoms with Crippen LogP contribution in [0.2, 0.25) is 0 Å². The first-order chi connectivity index (χ1) is 8.26. The summed E-state index contributed by atoms with van der Waals surface area (Å²) in [6, 6.07) is 5.23. The second-order valence-corrected chi connectivity index (χ2v) is 5.65. The molecule has 0 saturated heterocycles. The van der Waals surface area contributed by atoms with E-state index in [4.69, 9.17) is 10.5 Å². The number of nitrogens with zero attached hydrogens (tertiary/aromatic N) is 1. The summed E-state index contributed by atoms with van der Waals surface area (Å²) in [4.78, 5) is 14.1. The Balaban J connectivity index is 3.04. The summed E-state index contributed by atoms with van der Waals surface area (Å²) in [6.07, 6.45) is 0. The van der Waals surface area contributed by atoms with Gasteiger partial charge in [0, 0.05) is 19.3 Å². The summed E-state index contributed by atoms with van der Waals surface area (Å²) in [5.41, 5.74) is 6.80. The molecule has 0 aliphatic carbocycles. The molecule has 0 unspecified atom stereocenters. The molecular formula is C14H22N2O2. The maximum Gasteiger partial charge on any atom is 0.259 e. The highest BCUT2D eigenvalue weighted by atomic mass is 16.5. The number of hydrogen-bond donors (Lipinski definition) is 1. The van der Waals surface area contributed by atoms with Gasteiger partial charge >= 0.3 is 0 Å². The minimum Gasteiger partial charge on any atom is -0.496 e. The lowest BCUT2D eigenvalue weighted by Crippen LogP contribution is -2.35. The fraction of sp³-hybridized carbons (Fsp3) is 0.500. The van der Waals surface area contributed by atoms with Crippen LogP contribution in [0.3, 0.4) is 0 Å². The fourth-order valence-electron chi connectivity index (χ4n) is 1.92. The van der Waals surface area contributed by atoms with E-state index in [9.17, 15) is 4.79 Å². The zero-order valence-corrected chi connectivity index (χ0v) is 11.8. The van der Waals surface area contributed by atoms with E-state index in [0.29, 0.717) is 23.5 Å². The second kappa shape index (κ2) is 5.29. The quantitative estimate of drug-likeness (QED) is 0.838. The Morgan fingerprint density at radius 1 is 1.39 bits per heavy atom. The average molecular weight is 250 g/mol. The standard InChI is InChI=1S/C14H22N2O2/c1-14(2,3)9-16(4)13(17)12-10(15)7-6-8-11(12)18-5/h6-8H,9,15H2,1-5H3. The molecule has 100 valence electrons. The van der Waals surface area contributed by atoms with Crippen LogP contribution in [0.4, 0.5) is 5.69 Å². The first-order valence-corrected chi connectivity index (χ1v) is 5.94. The lowest BCUT2D eigenvalue weighted by Gasteiger charge is -2.27. The van der Waals surface area contributed by atoms with Gasteiger partial charge in [0.25, 0.3) is 5.91 Å². The lowest BCUT2D eigenvalue weighted by molar-refractivity contribution is 0.0743. The van der Waals surface area contributed by atoms with E-state index in [0.717, 1.165) is 0 Å². The Morgan fingerprint density at radius 2 is 2.00 bits per heavy atom. The Kier molecular flexibility index (Phi) is 4.22. The van der Waals surface area contributed by atoms with Crippen LogP contribution in [-0.4, -0.2) is 31.5 Å². The third-order valence-electron chi connectivity index (χ3n) is 2.55. The summed E-state index contributed by atoms with van der Waals surface area (Å²) in [5, 5.41) is 0. The number of nitrogen functional groups attached to an aromatic ring is 1. The number of methoxy groups -OCH3 is 1. The van der Waals surface area contributed by atoms with Gasteiger partial charge in [0.05, 0.1) is 7.11 Å². The molecule has 1 rings (SSSR count). The van der Waals surface area contributed by atoms with E-state index in [1.165, 1.54) is 7.11 Å². The average Bonchev–Trinajstić information content (AvgIpc) is 2.25. The topological polar surface area (TPSA) is 55.6 Å². The van der Waals surface area contributed by atoms with Crippen molar-refractivity contribution < 1.29 is 9.53 Å². The van der Waals surface area contributed by atoms with Crippen molar-refractivity contribution in [3.63, 3.8) is 0 Å². The molecule has 1 amide bonds. The highest BCUT2D eigenvalue weighted by molar-refractivity contribution is 6.01. The molecule has 0 fully saturated rings. The van der Waals surface area contributed by atoms with Crippen molar-refractivity contribution in [3.8, 4) is 5.75 Å². The number of hydrogen-bond acceptors (Lipinski definition) is 3. The van der Waals surface area contributed by atoms with Crippen LogP contribution in [0.15, 0.2) is 18.2 Å². The van der Waals surface area contributed by atoms with Gasteiger partial charge in [-0.05, 0) is 17.5 Å². The number of carbonyl (C=O) groups excluding carboxylic acids is 1. The molecule has 1 aromatic rings. The zero-order chi connectivity index (χ0) is 13.9. The first kappa shape index (κ1) is 14.4. The zero-order valence-electron chi connectivity index (χ0n) is 11.8. The Morgan fingerprint density at radius 3 is 2.50 bits per heavy atom. The van der Waals surface area contributed by atoms with E-state index >= 15 is 0 Å². The monoisotopic (exact) mass is 250 g/mol. The highest BCUT2D eigenvalue weighted by Crippen LogP contribution is 2.26. The van der Waals surface area contributed by atoms with Crippen LogP contribution in [0.5, 0.6) is 5.75 Å². The second-order valence-electron chi connectivity index (χ2n) is 5.65. The predicted octanol–water partition coefficient (Wildman–Crippen LogP) is 2.40. The van der Waals surface area contributed by atoms with Crippen molar-refractivity contribution in [1.82, 2.24) is 4.90 Å². The number of benzene rings is 1. The van der Waals surface area contributed by atoms with Gasteiger partial charge in [-0.25, -0.2) is 0 Å². The molecule has 0 heterocycles. The van der Waals surface area contributed by atoms with Crippen LogP contribution in [0.25, 0.3) is 0 Å². The largest absolute Gasteiger partial charge is 0.496 e. The van der Waals surface area contributed by atoms with Crippen molar-refractivity contribution >= 4 is 11.6 Å². The van der Waals surface area contributed by atoms with Crippen LogP contribution in [0.1, 0.15) is 31.1 Å². The third-order valence-corrected chi connectivity index (χ3v) is 2.55. The van der Waals surface area contributed by atoms with Gasteiger partial charge in [-0.15, -0.1) is 0 Å². The fourth-order valence-corrected chi connectivity index (χ4v) is 1.92. The maximum absolute atomic E-state index is 12.4. The number of nitrogens with two attached hydrogens (primary N) is 1. The van der Waals surface area contributed by atoms with Gasteiger partial charge in [0.1, 0.15) is 11.3 Å². The van der Waals surface area contributed by atoms with Gasteiger partial charge in [-0.3, -0.25) is 4.79 Å². The maximum atomic E-state index is 12.4. The van der Waals surface area contributed by atoms with Crippen molar-refractivity contribution in [2.24, 2.45) is 5.41 Å². The minimum atomic E-state index is -0.111. The van der Waals surface area contributed by atoms with Gasteiger partial charge in [-0.2, -0.15) is 0 Å². The van der Waals surface area contributed by atoms with E-state index in [-0.39, 0.29) is 11.3 Å². The molecule has 0 aromatic heterocycles. The molecule has 4 nitrogen and oxygen atoms in total. The van der Waals surface area contributed by atoms with Crippen LogP contribution in [-0.2, 0) is 0 Å². The number of amides is 1. The molecule has 0 aliphatic rings. The van der Waals surface area contributed by atoms with E-state index in [2.05, 4.69) is 20.8 Å². The van der Waals surface area contributed by atoms with Crippen molar-refractivity contribution in [2.75, 3.05) is 26.4 Å². The van der Waals surface area contributed by atoms with Gasteiger partial charge in [0.2, 0.25) is 0 Å². The molecule has 4 heteroatoms. The molecular weight excluding hydrogens is 228 g/mol. The van der Waals surface area contributed by atoms with Crippen molar-refractivity contribution in [3.05, 3.63) is 23.8 Å². The van der Waals surface area contributed by atoms with Crippen LogP contribution < -0.4 is 10.5 Å². The van der Waals surface area contributed by atoms with Gasteiger partial charge < -0.3 is 15.4 Å². The number of anilines is 1. The molecule has 18 heavy (non-hydrogen) atoms. The summed E-state index contributed by atoms with van der Waals surface area (Å²) in [6.45, 7) is 6.91. The van der Waals surface area contributed by atoms with Gasteiger partial charge in [-0.1, -0.05) is 26.8 Å². The van der Waals surface area contributed by atoms with E-state index in [1.54, 1.807) is 30.1 Å². The molecule has 1 aromatic carbocycles. The molecule has 0 radical (unpaired) electrons. The van der Waals surface area contributed by atoms with E-state index in [1.807, 2.05) is 0 Å². The summed E-state index contributed by atoms with van der Waals surface area (Å²) >= 11 is 0. The first-order valence-electron chi connectivity index (χ1n) is 5.94. The summed E-state index contributed by atoms with van der Waals surface area (Å²) in [5.74, 6) is 0.403. The number of ether oxygens (including phenoxy) is 1. The normalized spacial score (nSPS) is 11.2.